The number of carbonyl (C=O) groups is 3. The van der Waals surface area contributed by atoms with Gasteiger partial charge in [-0.25, -0.2) is 9.59 Å². The van der Waals surface area contributed by atoms with E-state index < -0.39 is 36.1 Å². The van der Waals surface area contributed by atoms with Crippen molar-refractivity contribution in [2.24, 2.45) is 5.92 Å². The highest BCUT2D eigenvalue weighted by Gasteiger charge is 2.32. The third-order valence-electron chi connectivity index (χ3n) is 5.66. The van der Waals surface area contributed by atoms with E-state index in [1.165, 1.54) is 24.3 Å². The average Bonchev–Trinajstić information content (AvgIpc) is 3.32. The zero-order valence-electron chi connectivity index (χ0n) is 21.1. The maximum absolute atomic E-state index is 12.8. The predicted molar refractivity (Wildman–Crippen MR) is 138 cm³/mol. The van der Waals surface area contributed by atoms with E-state index in [4.69, 9.17) is 0 Å². The number of alkyl halides is 3. The molecule has 11 nitrogen and oxygen atoms in total. The van der Waals surface area contributed by atoms with E-state index in [1.54, 1.807) is 54.8 Å². The van der Waals surface area contributed by atoms with Gasteiger partial charge in [-0.3, -0.25) is 9.20 Å². The molecular weight excluding hydrogens is 533 g/mol. The molecule has 0 unspecified atom stereocenters. The van der Waals surface area contributed by atoms with Crippen LogP contribution in [0.1, 0.15) is 24.2 Å². The van der Waals surface area contributed by atoms with Crippen LogP contribution in [0.25, 0.3) is 17.0 Å². The Hall–Kier alpha value is -5.14. The van der Waals surface area contributed by atoms with Gasteiger partial charge in [0.15, 0.2) is 17.2 Å². The van der Waals surface area contributed by atoms with Crippen molar-refractivity contribution in [1.29, 1.82) is 0 Å². The fourth-order valence-electron chi connectivity index (χ4n) is 3.79. The Morgan fingerprint density at radius 1 is 0.950 bits per heavy atom. The fraction of sp³-hybridized carbons (Fsp3) is 0.192. The smallest absolute Gasteiger partial charge is 0.480 e. The van der Waals surface area contributed by atoms with Gasteiger partial charge in [-0.15, -0.1) is 23.4 Å². The van der Waals surface area contributed by atoms with Crippen LogP contribution in [0.5, 0.6) is 5.75 Å². The number of carbonyl (C=O) groups excluding carboxylic acids is 2. The second-order valence-corrected chi connectivity index (χ2v) is 8.87. The summed E-state index contributed by atoms with van der Waals surface area (Å²) in [6, 6.07) is 12.7. The third-order valence-corrected chi connectivity index (χ3v) is 5.66. The Kier molecular flexibility index (Phi) is 7.88. The van der Waals surface area contributed by atoms with E-state index >= 15 is 0 Å². The molecule has 3 amide bonds. The Balaban J connectivity index is 1.49. The number of amides is 3. The number of pyridine rings is 1. The quantitative estimate of drug-likeness (QED) is 0.244. The second-order valence-electron chi connectivity index (χ2n) is 8.87. The molecule has 208 valence electrons. The number of aliphatic carboxylic acids is 1. The molecule has 0 aliphatic heterocycles. The van der Waals surface area contributed by atoms with Crippen LogP contribution < -0.4 is 20.7 Å². The van der Waals surface area contributed by atoms with Crippen molar-refractivity contribution >= 4 is 34.9 Å². The van der Waals surface area contributed by atoms with Gasteiger partial charge in [-0.2, -0.15) is 0 Å². The largest absolute Gasteiger partial charge is 0.573 e. The van der Waals surface area contributed by atoms with Crippen molar-refractivity contribution < 1.29 is 37.4 Å². The number of fused-ring (bicyclic) bond motifs is 1. The van der Waals surface area contributed by atoms with E-state index in [2.05, 4.69) is 30.9 Å². The van der Waals surface area contributed by atoms with Crippen molar-refractivity contribution in [2.45, 2.75) is 26.3 Å². The van der Waals surface area contributed by atoms with Gasteiger partial charge in [0.2, 0.25) is 0 Å². The van der Waals surface area contributed by atoms with Crippen LogP contribution in [0.3, 0.4) is 0 Å². The number of nitrogens with zero attached hydrogens (tertiary/aromatic N) is 3. The van der Waals surface area contributed by atoms with Gasteiger partial charge in [0, 0.05) is 17.4 Å². The van der Waals surface area contributed by atoms with Crippen molar-refractivity contribution in [3.8, 4) is 17.1 Å². The number of aromatic nitrogens is 3. The molecule has 0 spiro atoms. The van der Waals surface area contributed by atoms with Gasteiger partial charge in [0.1, 0.15) is 6.04 Å². The van der Waals surface area contributed by atoms with E-state index in [1.807, 2.05) is 0 Å². The van der Waals surface area contributed by atoms with E-state index in [-0.39, 0.29) is 22.8 Å². The number of carboxylic acids is 1. The van der Waals surface area contributed by atoms with Crippen LogP contribution in [-0.2, 0) is 4.79 Å². The maximum Gasteiger partial charge on any atom is 0.573 e. The van der Waals surface area contributed by atoms with Gasteiger partial charge >= 0.3 is 18.4 Å². The number of hydrogen-bond donors (Lipinski definition) is 4. The molecule has 0 radical (unpaired) electrons. The molecule has 2 heterocycles. The Labute approximate surface area is 225 Å². The number of anilines is 2. The number of urea groups is 1. The van der Waals surface area contributed by atoms with E-state index in [0.29, 0.717) is 17.1 Å². The molecule has 40 heavy (non-hydrogen) atoms. The summed E-state index contributed by atoms with van der Waals surface area (Å²) in [7, 11) is 0. The lowest BCUT2D eigenvalue weighted by Crippen LogP contribution is -2.44. The normalized spacial score (nSPS) is 12.2. The summed E-state index contributed by atoms with van der Waals surface area (Å²) in [5.74, 6) is -2.30. The molecule has 2 aromatic carbocycles. The molecule has 1 atom stereocenters. The first-order valence-electron chi connectivity index (χ1n) is 11.8. The first kappa shape index (κ1) is 27.9. The molecule has 0 bridgehead atoms. The molecule has 0 saturated carbocycles. The molecule has 14 heteroatoms. The number of halogens is 3. The highest BCUT2D eigenvalue weighted by Crippen LogP contribution is 2.30. The van der Waals surface area contributed by atoms with Gasteiger partial charge in [0.05, 0.1) is 11.3 Å². The summed E-state index contributed by atoms with van der Waals surface area (Å²) < 4.78 is 43.4. The number of ether oxygens (including phenoxy) is 1. The minimum absolute atomic E-state index is 0.137. The van der Waals surface area contributed by atoms with Crippen LogP contribution in [0.2, 0.25) is 0 Å². The molecule has 4 aromatic rings. The van der Waals surface area contributed by atoms with Crippen molar-refractivity contribution in [3.63, 3.8) is 0 Å². The third kappa shape index (κ3) is 6.46. The molecule has 2 aromatic heterocycles. The summed E-state index contributed by atoms with van der Waals surface area (Å²) >= 11 is 0. The van der Waals surface area contributed by atoms with Crippen molar-refractivity contribution in [2.75, 3.05) is 10.6 Å². The topological polar surface area (TPSA) is 147 Å². The zero-order chi connectivity index (χ0) is 29.0. The molecule has 0 aliphatic carbocycles. The molecule has 0 saturated heterocycles. The first-order chi connectivity index (χ1) is 18.9. The van der Waals surface area contributed by atoms with Crippen LogP contribution >= 0.6 is 0 Å². The summed E-state index contributed by atoms with van der Waals surface area (Å²) in [4.78, 5) is 36.7. The highest BCUT2D eigenvalue weighted by molar-refractivity contribution is 6.02. The number of hydrogen-bond acceptors (Lipinski definition) is 6. The minimum atomic E-state index is -4.92. The molecule has 0 aliphatic rings. The standard InChI is InChI=1S/C26H23F3N6O5/c1-14(2)20(24(37)38)32-23(36)17-6-5-13-35-21(33-34-22(17)35)15-9-11-16(12-10-15)30-25(39)31-18-7-3-4-8-19(18)40-26(27,28)29/h3-14,20H,1-2H3,(H,32,36)(H,37,38)(H2,30,31,39)/t20-/m0/s1. The monoisotopic (exact) mass is 556 g/mol. The van der Waals surface area contributed by atoms with E-state index in [0.717, 1.165) is 6.07 Å². The Bertz CT molecular complexity index is 1550. The van der Waals surface area contributed by atoms with Crippen LogP contribution in [-0.4, -0.2) is 50.0 Å². The van der Waals surface area contributed by atoms with Crippen molar-refractivity contribution in [3.05, 3.63) is 72.4 Å². The SMILES string of the molecule is CC(C)[C@H](NC(=O)c1cccn2c(-c3ccc(NC(=O)Nc4ccccc4OC(F)(F)F)cc3)nnc12)C(=O)O. The van der Waals surface area contributed by atoms with Crippen molar-refractivity contribution in [1.82, 2.24) is 19.9 Å². The summed E-state index contributed by atoms with van der Waals surface area (Å²) in [5, 5.41) is 25.0. The Morgan fingerprint density at radius 3 is 2.30 bits per heavy atom. The average molecular weight is 557 g/mol. The number of carboxylic acid groups (broad SMARTS) is 1. The van der Waals surface area contributed by atoms with Crippen LogP contribution in [0.4, 0.5) is 29.3 Å². The number of para-hydroxylation sites is 2. The highest BCUT2D eigenvalue weighted by atomic mass is 19.4. The Morgan fingerprint density at radius 2 is 1.65 bits per heavy atom. The molecule has 4 rings (SSSR count). The van der Waals surface area contributed by atoms with Gasteiger partial charge in [-0.1, -0.05) is 26.0 Å². The number of rotatable bonds is 8. The number of benzene rings is 2. The minimum Gasteiger partial charge on any atom is -0.480 e. The lowest BCUT2D eigenvalue weighted by molar-refractivity contribution is -0.274. The maximum atomic E-state index is 12.8. The summed E-state index contributed by atoms with van der Waals surface area (Å²) in [5.41, 5.74) is 1.08. The lowest BCUT2D eigenvalue weighted by atomic mass is 10.0. The molecule has 4 N–H and O–H groups in total. The molecule has 0 fully saturated rings. The second kappa shape index (κ2) is 11.3. The van der Waals surface area contributed by atoms with Crippen LogP contribution in [0, 0.1) is 5.92 Å². The predicted octanol–water partition coefficient (Wildman–Crippen LogP) is 4.78. The van der Waals surface area contributed by atoms with E-state index in [9.17, 15) is 32.7 Å². The van der Waals surface area contributed by atoms with Crippen LogP contribution in [0.15, 0.2) is 66.9 Å². The molecular formula is C26H23F3N6O5. The fourth-order valence-corrected chi connectivity index (χ4v) is 3.79. The number of nitrogens with one attached hydrogen (secondary N) is 3. The summed E-state index contributed by atoms with van der Waals surface area (Å²) in [6.45, 7) is 3.36. The van der Waals surface area contributed by atoms with Gasteiger partial charge in [-0.05, 0) is 54.4 Å². The first-order valence-corrected chi connectivity index (χ1v) is 11.8. The summed E-state index contributed by atoms with van der Waals surface area (Å²) in [6.07, 6.45) is -3.28. The zero-order valence-corrected chi connectivity index (χ0v) is 21.1. The van der Waals surface area contributed by atoms with Gasteiger partial charge in [0.25, 0.3) is 5.91 Å². The lowest BCUT2D eigenvalue weighted by Gasteiger charge is -2.17. The van der Waals surface area contributed by atoms with Gasteiger partial charge < -0.3 is 25.8 Å².